The zero-order valence-electron chi connectivity index (χ0n) is 14.3. The van der Waals surface area contributed by atoms with Gasteiger partial charge in [-0.2, -0.15) is 5.10 Å². The molecule has 1 saturated heterocycles. The molecule has 7 heteroatoms. The Hall–Kier alpha value is -2.15. The summed E-state index contributed by atoms with van der Waals surface area (Å²) in [4.78, 5) is 26.1. The van der Waals surface area contributed by atoms with E-state index in [1.165, 1.54) is 0 Å². The summed E-state index contributed by atoms with van der Waals surface area (Å²) in [6, 6.07) is 7.57. The minimum atomic E-state index is -0.274. The Balaban J connectivity index is 1.71. The van der Waals surface area contributed by atoms with Gasteiger partial charge in [-0.25, -0.2) is 0 Å². The van der Waals surface area contributed by atoms with Crippen LogP contribution in [0, 0.1) is 0 Å². The summed E-state index contributed by atoms with van der Waals surface area (Å²) < 4.78 is 0.693. The highest BCUT2D eigenvalue weighted by molar-refractivity contribution is 9.10. The molecule has 1 aromatic carbocycles. The number of aromatic amines is 1. The molecule has 2 N–H and O–H groups in total. The quantitative estimate of drug-likeness (QED) is 0.797. The molecule has 1 aromatic heterocycles. The van der Waals surface area contributed by atoms with E-state index >= 15 is 0 Å². The number of nitrogens with one attached hydrogen (secondary N) is 2. The largest absolute Gasteiger partial charge is 0.338 e. The van der Waals surface area contributed by atoms with Crippen LogP contribution in [0.15, 0.2) is 28.7 Å². The SMILES string of the molecule is CC(C)c1[nH]nc(C(=O)Nc2cccc(CN3CCCC3=O)c2)c1Br. The van der Waals surface area contributed by atoms with E-state index in [-0.39, 0.29) is 17.7 Å². The number of likely N-dealkylation sites (tertiary alicyclic amines) is 1. The van der Waals surface area contributed by atoms with Gasteiger partial charge in [0, 0.05) is 25.2 Å². The van der Waals surface area contributed by atoms with Crippen molar-refractivity contribution in [3.63, 3.8) is 0 Å². The fraction of sp³-hybridized carbons (Fsp3) is 0.389. The topological polar surface area (TPSA) is 78.1 Å². The van der Waals surface area contributed by atoms with Gasteiger partial charge in [-0.15, -0.1) is 0 Å². The van der Waals surface area contributed by atoms with Crippen LogP contribution in [0.5, 0.6) is 0 Å². The van der Waals surface area contributed by atoms with Gasteiger partial charge in [-0.1, -0.05) is 26.0 Å². The molecule has 132 valence electrons. The van der Waals surface area contributed by atoms with E-state index in [1.807, 2.05) is 43.0 Å². The van der Waals surface area contributed by atoms with Crippen LogP contribution in [0.3, 0.4) is 0 Å². The number of benzene rings is 1. The minimum Gasteiger partial charge on any atom is -0.338 e. The number of amides is 2. The second-order valence-electron chi connectivity index (χ2n) is 6.53. The van der Waals surface area contributed by atoms with Gasteiger partial charge < -0.3 is 10.2 Å². The second-order valence-corrected chi connectivity index (χ2v) is 7.32. The van der Waals surface area contributed by atoms with Crippen LogP contribution in [0.4, 0.5) is 5.69 Å². The molecule has 25 heavy (non-hydrogen) atoms. The number of rotatable bonds is 5. The number of nitrogens with zero attached hydrogens (tertiary/aromatic N) is 2. The van der Waals surface area contributed by atoms with E-state index in [4.69, 9.17) is 0 Å². The number of halogens is 1. The van der Waals surface area contributed by atoms with Gasteiger partial charge in [-0.3, -0.25) is 14.7 Å². The van der Waals surface area contributed by atoms with Crippen molar-refractivity contribution in [3.8, 4) is 0 Å². The van der Waals surface area contributed by atoms with E-state index in [0.717, 1.165) is 24.2 Å². The molecule has 0 spiro atoms. The standard InChI is InChI=1S/C18H21BrN4O2/c1-11(2)16-15(19)17(22-21-16)18(25)20-13-6-3-5-12(9-13)10-23-8-4-7-14(23)24/h3,5-6,9,11H,4,7-8,10H2,1-2H3,(H,20,25)(H,21,22). The first-order chi connectivity index (χ1) is 12.0. The first-order valence-electron chi connectivity index (χ1n) is 8.37. The van der Waals surface area contributed by atoms with Crippen molar-refractivity contribution in [2.24, 2.45) is 0 Å². The number of hydrogen-bond donors (Lipinski definition) is 2. The van der Waals surface area contributed by atoms with Gasteiger partial charge in [0.1, 0.15) is 0 Å². The van der Waals surface area contributed by atoms with Crippen LogP contribution >= 0.6 is 15.9 Å². The number of H-pyrrole nitrogens is 1. The number of carbonyl (C=O) groups excluding carboxylic acids is 2. The lowest BCUT2D eigenvalue weighted by Crippen LogP contribution is -2.23. The van der Waals surface area contributed by atoms with E-state index < -0.39 is 0 Å². The van der Waals surface area contributed by atoms with Crippen LogP contribution in [0.1, 0.15) is 54.4 Å². The molecule has 1 aliphatic heterocycles. The van der Waals surface area contributed by atoms with Gasteiger partial charge in [0.15, 0.2) is 5.69 Å². The van der Waals surface area contributed by atoms with E-state index in [2.05, 4.69) is 31.4 Å². The molecule has 0 radical (unpaired) electrons. The Kier molecular flexibility index (Phi) is 5.22. The Morgan fingerprint density at radius 1 is 1.44 bits per heavy atom. The molecule has 1 fully saturated rings. The molecule has 0 unspecified atom stereocenters. The molecular weight excluding hydrogens is 384 g/mol. The first-order valence-corrected chi connectivity index (χ1v) is 9.17. The molecule has 0 aliphatic carbocycles. The van der Waals surface area contributed by atoms with Crippen molar-refractivity contribution >= 4 is 33.4 Å². The lowest BCUT2D eigenvalue weighted by molar-refractivity contribution is -0.128. The number of anilines is 1. The second kappa shape index (κ2) is 7.39. The lowest BCUT2D eigenvalue weighted by atomic mass is 10.1. The minimum absolute atomic E-state index is 0.191. The predicted octanol–water partition coefficient (Wildman–Crippen LogP) is 3.67. The van der Waals surface area contributed by atoms with Gasteiger partial charge in [0.2, 0.25) is 5.91 Å². The third-order valence-corrected chi connectivity index (χ3v) is 5.06. The molecule has 0 saturated carbocycles. The number of hydrogen-bond acceptors (Lipinski definition) is 3. The monoisotopic (exact) mass is 404 g/mol. The fourth-order valence-electron chi connectivity index (χ4n) is 2.90. The molecular formula is C18H21BrN4O2. The maximum Gasteiger partial charge on any atom is 0.277 e. The molecule has 2 heterocycles. The van der Waals surface area contributed by atoms with E-state index in [1.54, 1.807) is 0 Å². The lowest BCUT2D eigenvalue weighted by Gasteiger charge is -2.16. The number of carbonyl (C=O) groups is 2. The molecule has 0 atom stereocenters. The maximum absolute atomic E-state index is 12.5. The van der Waals surface area contributed by atoms with Gasteiger partial charge in [0.05, 0.1) is 10.2 Å². The van der Waals surface area contributed by atoms with Crippen molar-refractivity contribution in [2.75, 3.05) is 11.9 Å². The highest BCUT2D eigenvalue weighted by Gasteiger charge is 2.21. The van der Waals surface area contributed by atoms with Crippen molar-refractivity contribution < 1.29 is 9.59 Å². The zero-order chi connectivity index (χ0) is 18.0. The molecule has 2 aromatic rings. The summed E-state index contributed by atoms with van der Waals surface area (Å²) in [5.74, 6) is 0.158. The smallest absolute Gasteiger partial charge is 0.277 e. The van der Waals surface area contributed by atoms with Crippen molar-refractivity contribution in [1.29, 1.82) is 0 Å². The van der Waals surface area contributed by atoms with Crippen molar-refractivity contribution in [3.05, 3.63) is 45.7 Å². The zero-order valence-corrected chi connectivity index (χ0v) is 15.9. The summed E-state index contributed by atoms with van der Waals surface area (Å²) in [6.45, 7) is 5.44. The van der Waals surface area contributed by atoms with Gasteiger partial charge in [0.25, 0.3) is 5.91 Å². The molecule has 0 bridgehead atoms. The van der Waals surface area contributed by atoms with Crippen LogP contribution in [0.25, 0.3) is 0 Å². The highest BCUT2D eigenvalue weighted by atomic mass is 79.9. The van der Waals surface area contributed by atoms with Crippen LogP contribution in [-0.2, 0) is 11.3 Å². The summed E-state index contributed by atoms with van der Waals surface area (Å²) in [6.07, 6.45) is 1.54. The molecule has 2 amide bonds. The van der Waals surface area contributed by atoms with E-state index in [9.17, 15) is 9.59 Å². The average Bonchev–Trinajstić information content (AvgIpc) is 3.14. The summed E-state index contributed by atoms with van der Waals surface area (Å²) in [7, 11) is 0. The summed E-state index contributed by atoms with van der Waals surface area (Å²) in [5.41, 5.74) is 2.92. The third kappa shape index (κ3) is 3.92. The van der Waals surface area contributed by atoms with Crippen LogP contribution in [0.2, 0.25) is 0 Å². The Morgan fingerprint density at radius 2 is 2.24 bits per heavy atom. The fourth-order valence-corrected chi connectivity index (χ4v) is 3.72. The van der Waals surface area contributed by atoms with Gasteiger partial charge in [-0.05, 0) is 46.0 Å². The summed E-state index contributed by atoms with van der Waals surface area (Å²) >= 11 is 3.45. The van der Waals surface area contributed by atoms with Gasteiger partial charge >= 0.3 is 0 Å². The van der Waals surface area contributed by atoms with Crippen molar-refractivity contribution in [2.45, 2.75) is 39.2 Å². The maximum atomic E-state index is 12.5. The van der Waals surface area contributed by atoms with Crippen LogP contribution in [-0.4, -0.2) is 33.5 Å². The Morgan fingerprint density at radius 3 is 2.88 bits per heavy atom. The van der Waals surface area contributed by atoms with Crippen molar-refractivity contribution in [1.82, 2.24) is 15.1 Å². The predicted molar refractivity (Wildman–Crippen MR) is 99.4 cm³/mol. The third-order valence-electron chi connectivity index (χ3n) is 4.25. The highest BCUT2D eigenvalue weighted by Crippen LogP contribution is 2.26. The normalized spacial score (nSPS) is 14.4. The average molecular weight is 405 g/mol. The van der Waals surface area contributed by atoms with E-state index in [0.29, 0.717) is 28.8 Å². The Labute approximate surface area is 155 Å². The first kappa shape index (κ1) is 17.7. The Bertz CT molecular complexity index is 800. The summed E-state index contributed by atoms with van der Waals surface area (Å²) in [5, 5.41) is 9.89. The van der Waals surface area contributed by atoms with Crippen LogP contribution < -0.4 is 5.32 Å². The number of aromatic nitrogens is 2. The molecule has 6 nitrogen and oxygen atoms in total. The molecule has 3 rings (SSSR count). The molecule has 1 aliphatic rings.